The summed E-state index contributed by atoms with van der Waals surface area (Å²) in [5.74, 6) is -0.156. The van der Waals surface area contributed by atoms with Crippen LogP contribution in [0.25, 0.3) is 10.8 Å². The number of fused-ring (bicyclic) bond motifs is 1. The molecule has 38 heavy (non-hydrogen) atoms. The molecule has 0 saturated carbocycles. The Hall–Kier alpha value is -4.91. The van der Waals surface area contributed by atoms with Crippen molar-refractivity contribution in [1.82, 2.24) is 0 Å². The first kappa shape index (κ1) is 26.2. The number of hydrogen-bond donors (Lipinski definition) is 0. The van der Waals surface area contributed by atoms with E-state index in [1.165, 1.54) is 0 Å². The number of benzene rings is 4. The summed E-state index contributed by atoms with van der Waals surface area (Å²) in [5, 5.41) is 2.03. The van der Waals surface area contributed by atoms with Gasteiger partial charge >= 0.3 is 17.9 Å². The molecule has 7 heteroatoms. The van der Waals surface area contributed by atoms with Crippen LogP contribution in [-0.4, -0.2) is 31.1 Å². The minimum absolute atomic E-state index is 0.231. The van der Waals surface area contributed by atoms with Crippen LogP contribution in [0.15, 0.2) is 97.6 Å². The zero-order chi connectivity index (χ0) is 26.9. The number of carbonyl (C=O) groups excluding carboxylic acids is 3. The number of ether oxygens (including phenoxy) is 4. The second-order valence-corrected chi connectivity index (χ2v) is 8.37. The summed E-state index contributed by atoms with van der Waals surface area (Å²) in [7, 11) is 0. The van der Waals surface area contributed by atoms with Gasteiger partial charge in [0.25, 0.3) is 0 Å². The maximum absolute atomic E-state index is 12.7. The fourth-order valence-corrected chi connectivity index (χ4v) is 3.61. The van der Waals surface area contributed by atoms with Crippen molar-refractivity contribution in [1.29, 1.82) is 0 Å². The molecule has 4 aromatic carbocycles. The average Bonchev–Trinajstić information content (AvgIpc) is 2.94. The van der Waals surface area contributed by atoms with Crippen molar-refractivity contribution in [2.45, 2.75) is 13.3 Å². The highest BCUT2D eigenvalue weighted by molar-refractivity contribution is 5.94. The molecule has 0 aliphatic carbocycles. The second kappa shape index (κ2) is 12.4. The van der Waals surface area contributed by atoms with Crippen molar-refractivity contribution in [3.63, 3.8) is 0 Å². The SMILES string of the molecule is C=CC(=O)OCCCOc1ccc(C(=O)Oc2ccc(C(=O)Oc3ccc4ccccc4c3)cc2C)cc1. The molecule has 0 N–H and O–H groups in total. The van der Waals surface area contributed by atoms with Crippen LogP contribution in [0.1, 0.15) is 32.7 Å². The Labute approximate surface area is 220 Å². The first-order valence-electron chi connectivity index (χ1n) is 12.0. The van der Waals surface area contributed by atoms with Crippen LogP contribution in [0, 0.1) is 6.92 Å². The second-order valence-electron chi connectivity index (χ2n) is 8.37. The van der Waals surface area contributed by atoms with E-state index in [1.54, 1.807) is 55.5 Å². The van der Waals surface area contributed by atoms with Crippen molar-refractivity contribution in [3.05, 3.63) is 114 Å². The normalized spacial score (nSPS) is 10.4. The van der Waals surface area contributed by atoms with Gasteiger partial charge in [0.05, 0.1) is 24.3 Å². The van der Waals surface area contributed by atoms with Gasteiger partial charge in [0.15, 0.2) is 0 Å². The van der Waals surface area contributed by atoms with Crippen LogP contribution in [0.3, 0.4) is 0 Å². The molecule has 0 amide bonds. The van der Waals surface area contributed by atoms with Crippen LogP contribution in [-0.2, 0) is 9.53 Å². The standard InChI is InChI=1S/C31H26O7/c1-3-29(32)36-18-6-17-35-26-13-10-23(11-14-26)30(33)38-28-16-12-25(19-21(28)2)31(34)37-27-15-9-22-7-4-5-8-24(22)20-27/h3-5,7-16,19-20H,1,6,17-18H2,2H3. The molecule has 0 fully saturated rings. The fourth-order valence-electron chi connectivity index (χ4n) is 3.61. The third kappa shape index (κ3) is 6.85. The zero-order valence-corrected chi connectivity index (χ0v) is 20.8. The molecule has 0 saturated heterocycles. The molecule has 0 spiro atoms. The molecular weight excluding hydrogens is 484 g/mol. The first-order valence-corrected chi connectivity index (χ1v) is 12.0. The highest BCUT2D eigenvalue weighted by Crippen LogP contribution is 2.24. The van der Waals surface area contributed by atoms with Crippen molar-refractivity contribution in [2.24, 2.45) is 0 Å². The highest BCUT2D eigenvalue weighted by atomic mass is 16.5. The van der Waals surface area contributed by atoms with E-state index < -0.39 is 17.9 Å². The lowest BCUT2D eigenvalue weighted by atomic mass is 10.1. The van der Waals surface area contributed by atoms with Crippen LogP contribution >= 0.6 is 0 Å². The van der Waals surface area contributed by atoms with Crippen LogP contribution < -0.4 is 14.2 Å². The van der Waals surface area contributed by atoms with E-state index in [2.05, 4.69) is 6.58 Å². The van der Waals surface area contributed by atoms with Gasteiger partial charge in [-0.2, -0.15) is 0 Å². The lowest BCUT2D eigenvalue weighted by Gasteiger charge is -2.10. The Bertz CT molecular complexity index is 1470. The molecule has 4 rings (SSSR count). The average molecular weight is 511 g/mol. The van der Waals surface area contributed by atoms with Gasteiger partial charge in [0, 0.05) is 12.5 Å². The van der Waals surface area contributed by atoms with E-state index in [9.17, 15) is 14.4 Å². The van der Waals surface area contributed by atoms with Crippen LogP contribution in [0.2, 0.25) is 0 Å². The molecule has 0 unspecified atom stereocenters. The lowest BCUT2D eigenvalue weighted by Crippen LogP contribution is -2.11. The van der Waals surface area contributed by atoms with Crippen LogP contribution in [0.5, 0.6) is 17.2 Å². The van der Waals surface area contributed by atoms with E-state index in [-0.39, 0.29) is 6.61 Å². The highest BCUT2D eigenvalue weighted by Gasteiger charge is 2.15. The van der Waals surface area contributed by atoms with E-state index in [4.69, 9.17) is 18.9 Å². The number of esters is 3. The lowest BCUT2D eigenvalue weighted by molar-refractivity contribution is -0.137. The summed E-state index contributed by atoms with van der Waals surface area (Å²) in [6.07, 6.45) is 1.63. The van der Waals surface area contributed by atoms with E-state index >= 15 is 0 Å². The summed E-state index contributed by atoms with van der Waals surface area (Å²) in [6, 6.07) is 24.5. The minimum Gasteiger partial charge on any atom is -0.493 e. The smallest absolute Gasteiger partial charge is 0.343 e. The summed E-state index contributed by atoms with van der Waals surface area (Å²) < 4.78 is 21.5. The van der Waals surface area contributed by atoms with Gasteiger partial charge in [-0.1, -0.05) is 36.9 Å². The summed E-state index contributed by atoms with van der Waals surface area (Å²) >= 11 is 0. The number of hydrogen-bond acceptors (Lipinski definition) is 7. The van der Waals surface area contributed by atoms with Crippen LogP contribution in [0.4, 0.5) is 0 Å². The maximum Gasteiger partial charge on any atom is 0.343 e. The molecule has 0 aromatic heterocycles. The predicted molar refractivity (Wildman–Crippen MR) is 143 cm³/mol. The van der Waals surface area contributed by atoms with E-state index in [0.29, 0.717) is 47.0 Å². The maximum atomic E-state index is 12.7. The van der Waals surface area contributed by atoms with E-state index in [1.807, 2.05) is 36.4 Å². The molecule has 0 aliphatic heterocycles. The fraction of sp³-hybridized carbons (Fsp3) is 0.129. The van der Waals surface area contributed by atoms with E-state index in [0.717, 1.165) is 16.8 Å². The summed E-state index contributed by atoms with van der Waals surface area (Å²) in [6.45, 7) is 5.66. The molecule has 0 bridgehead atoms. The monoisotopic (exact) mass is 510 g/mol. The summed E-state index contributed by atoms with van der Waals surface area (Å²) in [4.78, 5) is 36.3. The largest absolute Gasteiger partial charge is 0.493 e. The Morgan fingerprint density at radius 2 is 1.42 bits per heavy atom. The van der Waals surface area contributed by atoms with Gasteiger partial charge < -0.3 is 18.9 Å². The third-order valence-electron chi connectivity index (χ3n) is 5.60. The number of aryl methyl sites for hydroxylation is 1. The topological polar surface area (TPSA) is 88.1 Å². The molecule has 0 aliphatic rings. The van der Waals surface area contributed by atoms with Gasteiger partial charge in [-0.05, 0) is 77.9 Å². The summed E-state index contributed by atoms with van der Waals surface area (Å²) in [5.41, 5.74) is 1.30. The van der Waals surface area contributed by atoms with Gasteiger partial charge in [-0.3, -0.25) is 0 Å². The van der Waals surface area contributed by atoms with Gasteiger partial charge in [0.1, 0.15) is 17.2 Å². The Balaban J connectivity index is 1.31. The molecule has 0 radical (unpaired) electrons. The first-order chi connectivity index (χ1) is 18.4. The molecule has 7 nitrogen and oxygen atoms in total. The van der Waals surface area contributed by atoms with Crippen molar-refractivity contribution >= 4 is 28.7 Å². The Kier molecular flexibility index (Phi) is 8.51. The minimum atomic E-state index is -0.539. The predicted octanol–water partition coefficient (Wildman–Crippen LogP) is 6.08. The van der Waals surface area contributed by atoms with Gasteiger partial charge in [0.2, 0.25) is 0 Å². The molecule has 0 atom stereocenters. The number of rotatable bonds is 10. The molecule has 4 aromatic rings. The molecule has 0 heterocycles. The third-order valence-corrected chi connectivity index (χ3v) is 5.60. The van der Waals surface area contributed by atoms with Gasteiger partial charge in [-0.25, -0.2) is 14.4 Å². The Morgan fingerprint density at radius 3 is 2.16 bits per heavy atom. The zero-order valence-electron chi connectivity index (χ0n) is 20.8. The van der Waals surface area contributed by atoms with Crippen molar-refractivity contribution in [3.8, 4) is 17.2 Å². The quantitative estimate of drug-likeness (QED) is 0.110. The number of carbonyl (C=O) groups is 3. The van der Waals surface area contributed by atoms with Gasteiger partial charge in [-0.15, -0.1) is 0 Å². The van der Waals surface area contributed by atoms with Crippen molar-refractivity contribution in [2.75, 3.05) is 13.2 Å². The molecule has 192 valence electrons. The molecular formula is C31H26O7. The van der Waals surface area contributed by atoms with Crippen molar-refractivity contribution < 1.29 is 33.3 Å². The Morgan fingerprint density at radius 1 is 0.737 bits per heavy atom.